The summed E-state index contributed by atoms with van der Waals surface area (Å²) in [5.41, 5.74) is 1.21. The zero-order valence-corrected chi connectivity index (χ0v) is 12.1. The van der Waals surface area contributed by atoms with Crippen LogP contribution in [-0.4, -0.2) is 43.8 Å². The van der Waals surface area contributed by atoms with Gasteiger partial charge < -0.3 is 15.0 Å². The number of nitrogens with zero attached hydrogens (tertiary/aromatic N) is 3. The summed E-state index contributed by atoms with van der Waals surface area (Å²) in [5, 5.41) is 3.16. The zero-order chi connectivity index (χ0) is 13.7. The molecule has 0 amide bonds. The lowest BCUT2D eigenvalue weighted by Crippen LogP contribution is -2.38. The summed E-state index contributed by atoms with van der Waals surface area (Å²) in [4.78, 5) is 11.2. The first-order valence-electron chi connectivity index (χ1n) is 7.05. The van der Waals surface area contributed by atoms with Crippen molar-refractivity contribution in [3.8, 4) is 0 Å². The van der Waals surface area contributed by atoms with Crippen LogP contribution < -0.4 is 10.2 Å². The van der Waals surface area contributed by atoms with Crippen molar-refractivity contribution in [1.29, 1.82) is 0 Å². The summed E-state index contributed by atoms with van der Waals surface area (Å²) in [6.07, 6.45) is 5.05. The molecule has 1 unspecified atom stereocenters. The van der Waals surface area contributed by atoms with E-state index >= 15 is 0 Å². The van der Waals surface area contributed by atoms with Gasteiger partial charge in [0.05, 0.1) is 6.61 Å². The maximum Gasteiger partial charge on any atom is 0.137 e. The molecule has 0 bridgehead atoms. The number of methoxy groups -OCH3 is 1. The molecule has 19 heavy (non-hydrogen) atoms. The number of hydrogen-bond donors (Lipinski definition) is 1. The van der Waals surface area contributed by atoms with E-state index in [4.69, 9.17) is 4.74 Å². The van der Waals surface area contributed by atoms with Gasteiger partial charge in [-0.25, -0.2) is 9.97 Å². The number of rotatable bonds is 5. The molecule has 1 N–H and O–H groups in total. The van der Waals surface area contributed by atoms with Crippen LogP contribution in [0.5, 0.6) is 0 Å². The van der Waals surface area contributed by atoms with Crippen molar-refractivity contribution in [2.24, 2.45) is 5.92 Å². The van der Waals surface area contributed by atoms with Crippen LogP contribution in [0, 0.1) is 5.92 Å². The summed E-state index contributed by atoms with van der Waals surface area (Å²) in [7, 11) is 3.69. The normalized spacial score (nSPS) is 19.5. The lowest BCUT2D eigenvalue weighted by Gasteiger charge is -2.34. The number of anilines is 2. The van der Waals surface area contributed by atoms with Gasteiger partial charge in [-0.1, -0.05) is 6.92 Å². The average molecular weight is 264 g/mol. The Balaban J connectivity index is 2.20. The highest BCUT2D eigenvalue weighted by molar-refractivity contribution is 5.58. The summed E-state index contributed by atoms with van der Waals surface area (Å²) in [6.45, 7) is 5.09. The molecule has 0 saturated carbocycles. The standard InChI is InChI=1S/C14H24N4O/c1-4-12-13(15-2)16-10-17-14(12)18-7-5-6-11(8-18)9-19-3/h10-11H,4-9H2,1-3H3,(H,15,16,17). The minimum atomic E-state index is 0.608. The van der Waals surface area contributed by atoms with Crippen LogP contribution in [0.2, 0.25) is 0 Å². The number of hydrogen-bond acceptors (Lipinski definition) is 5. The molecule has 0 aliphatic carbocycles. The van der Waals surface area contributed by atoms with E-state index in [0.29, 0.717) is 5.92 Å². The molecule has 1 saturated heterocycles. The van der Waals surface area contributed by atoms with Crippen LogP contribution in [0.4, 0.5) is 11.6 Å². The molecular formula is C14H24N4O. The Morgan fingerprint density at radius 3 is 3.00 bits per heavy atom. The first-order chi connectivity index (χ1) is 9.30. The zero-order valence-electron chi connectivity index (χ0n) is 12.1. The van der Waals surface area contributed by atoms with Gasteiger partial charge in [0.1, 0.15) is 18.0 Å². The van der Waals surface area contributed by atoms with Gasteiger partial charge >= 0.3 is 0 Å². The highest BCUT2D eigenvalue weighted by Crippen LogP contribution is 2.28. The maximum atomic E-state index is 5.30. The Morgan fingerprint density at radius 2 is 2.32 bits per heavy atom. The van der Waals surface area contributed by atoms with Crippen molar-refractivity contribution in [3.05, 3.63) is 11.9 Å². The second-order valence-electron chi connectivity index (χ2n) is 5.04. The maximum absolute atomic E-state index is 5.30. The molecule has 5 heteroatoms. The summed E-state index contributed by atoms with van der Waals surface area (Å²) in [5.74, 6) is 2.64. The Hall–Kier alpha value is -1.36. The molecule has 0 radical (unpaired) electrons. The van der Waals surface area contributed by atoms with Crippen LogP contribution in [0.15, 0.2) is 6.33 Å². The molecule has 2 heterocycles. The SMILES string of the molecule is CCc1c(NC)ncnc1N1CCCC(COC)C1. The van der Waals surface area contributed by atoms with E-state index in [9.17, 15) is 0 Å². The van der Waals surface area contributed by atoms with Gasteiger partial charge in [-0.2, -0.15) is 0 Å². The van der Waals surface area contributed by atoms with Gasteiger partial charge in [-0.05, 0) is 25.2 Å². The van der Waals surface area contributed by atoms with Crippen LogP contribution in [-0.2, 0) is 11.2 Å². The van der Waals surface area contributed by atoms with E-state index in [1.54, 1.807) is 13.4 Å². The predicted octanol–water partition coefficient (Wildman–Crippen LogP) is 1.94. The second kappa shape index (κ2) is 6.70. The van der Waals surface area contributed by atoms with Crippen molar-refractivity contribution >= 4 is 11.6 Å². The van der Waals surface area contributed by atoms with Crippen molar-refractivity contribution in [1.82, 2.24) is 9.97 Å². The number of piperidine rings is 1. The third kappa shape index (κ3) is 3.15. The van der Waals surface area contributed by atoms with Gasteiger partial charge in [-0.15, -0.1) is 0 Å². The molecule has 2 rings (SSSR count). The minimum Gasteiger partial charge on any atom is -0.384 e. The van der Waals surface area contributed by atoms with E-state index < -0.39 is 0 Å². The Kier molecular flexibility index (Phi) is 4.96. The molecule has 1 aliphatic rings. The fraction of sp³-hybridized carbons (Fsp3) is 0.714. The highest BCUT2D eigenvalue weighted by Gasteiger charge is 2.23. The molecule has 1 aromatic rings. The van der Waals surface area contributed by atoms with Crippen LogP contribution in [0.1, 0.15) is 25.3 Å². The fourth-order valence-electron chi connectivity index (χ4n) is 2.85. The summed E-state index contributed by atoms with van der Waals surface area (Å²) < 4.78 is 5.30. The molecule has 1 aromatic heterocycles. The van der Waals surface area contributed by atoms with Gasteiger partial charge in [0.15, 0.2) is 0 Å². The quantitative estimate of drug-likeness (QED) is 0.881. The van der Waals surface area contributed by atoms with E-state index in [0.717, 1.165) is 37.8 Å². The molecule has 1 fully saturated rings. The lowest BCUT2D eigenvalue weighted by molar-refractivity contribution is 0.143. The van der Waals surface area contributed by atoms with Crippen molar-refractivity contribution in [3.63, 3.8) is 0 Å². The highest BCUT2D eigenvalue weighted by atomic mass is 16.5. The van der Waals surface area contributed by atoms with E-state index in [-0.39, 0.29) is 0 Å². The van der Waals surface area contributed by atoms with Crippen LogP contribution in [0.25, 0.3) is 0 Å². The van der Waals surface area contributed by atoms with Gasteiger partial charge in [0.25, 0.3) is 0 Å². The van der Waals surface area contributed by atoms with Crippen molar-refractivity contribution < 1.29 is 4.74 Å². The molecule has 1 aliphatic heterocycles. The first-order valence-corrected chi connectivity index (χ1v) is 7.05. The molecular weight excluding hydrogens is 240 g/mol. The smallest absolute Gasteiger partial charge is 0.137 e. The summed E-state index contributed by atoms with van der Waals surface area (Å²) >= 11 is 0. The Bertz CT molecular complexity index is 408. The predicted molar refractivity (Wildman–Crippen MR) is 77.8 cm³/mol. The number of nitrogens with one attached hydrogen (secondary N) is 1. The third-order valence-corrected chi connectivity index (χ3v) is 3.73. The topological polar surface area (TPSA) is 50.3 Å². The van der Waals surface area contributed by atoms with Crippen LogP contribution >= 0.6 is 0 Å². The van der Waals surface area contributed by atoms with Gasteiger partial charge in [-0.3, -0.25) is 0 Å². The minimum absolute atomic E-state index is 0.608. The van der Waals surface area contributed by atoms with Gasteiger partial charge in [0.2, 0.25) is 0 Å². The Labute approximate surface area is 115 Å². The second-order valence-corrected chi connectivity index (χ2v) is 5.04. The third-order valence-electron chi connectivity index (χ3n) is 3.73. The molecule has 106 valence electrons. The Morgan fingerprint density at radius 1 is 1.47 bits per heavy atom. The lowest BCUT2D eigenvalue weighted by atomic mass is 9.98. The van der Waals surface area contributed by atoms with Crippen molar-refractivity contribution in [2.45, 2.75) is 26.2 Å². The van der Waals surface area contributed by atoms with Crippen LogP contribution in [0.3, 0.4) is 0 Å². The number of ether oxygens (including phenoxy) is 1. The number of aromatic nitrogens is 2. The van der Waals surface area contributed by atoms with E-state index in [2.05, 4.69) is 27.1 Å². The van der Waals surface area contributed by atoms with E-state index in [1.807, 2.05) is 7.05 Å². The average Bonchev–Trinajstić information content (AvgIpc) is 2.47. The first kappa shape index (κ1) is 14.1. The molecule has 1 atom stereocenters. The van der Waals surface area contributed by atoms with Gasteiger partial charge in [0, 0.05) is 32.8 Å². The monoisotopic (exact) mass is 264 g/mol. The van der Waals surface area contributed by atoms with E-state index in [1.165, 1.54) is 18.4 Å². The molecule has 0 spiro atoms. The van der Waals surface area contributed by atoms with Crippen molar-refractivity contribution in [2.75, 3.05) is 44.1 Å². The molecule has 0 aromatic carbocycles. The largest absolute Gasteiger partial charge is 0.384 e. The molecule has 5 nitrogen and oxygen atoms in total. The fourth-order valence-corrected chi connectivity index (χ4v) is 2.85. The summed E-state index contributed by atoms with van der Waals surface area (Å²) in [6, 6.07) is 0.